The first-order chi connectivity index (χ1) is 12.0. The summed E-state index contributed by atoms with van der Waals surface area (Å²) in [4.78, 5) is 25.9. The Morgan fingerprint density at radius 2 is 1.88 bits per heavy atom. The SMILES string of the molecule is Cc1ccc([C@H](C)NC2NC(=O)N(C3CCOCC3)C(=O)N2)cc1F. The van der Waals surface area contributed by atoms with E-state index in [4.69, 9.17) is 4.74 Å². The Morgan fingerprint density at radius 3 is 2.48 bits per heavy atom. The van der Waals surface area contributed by atoms with E-state index >= 15 is 0 Å². The maximum absolute atomic E-state index is 13.7. The van der Waals surface area contributed by atoms with Crippen molar-refractivity contribution in [3.63, 3.8) is 0 Å². The summed E-state index contributed by atoms with van der Waals surface area (Å²) in [7, 11) is 0. The molecular formula is C17H23FN4O3. The molecule has 0 radical (unpaired) electrons. The number of carbonyl (C=O) groups excluding carboxylic acids is 2. The Kier molecular flexibility index (Phi) is 5.19. The van der Waals surface area contributed by atoms with Crippen molar-refractivity contribution in [2.45, 2.75) is 45.1 Å². The van der Waals surface area contributed by atoms with Crippen LogP contribution in [0, 0.1) is 12.7 Å². The van der Waals surface area contributed by atoms with Crippen LogP contribution in [0.15, 0.2) is 18.2 Å². The summed E-state index contributed by atoms with van der Waals surface area (Å²) in [5.74, 6) is -0.284. The van der Waals surface area contributed by atoms with Crippen molar-refractivity contribution in [2.75, 3.05) is 13.2 Å². The van der Waals surface area contributed by atoms with E-state index < -0.39 is 18.4 Å². The van der Waals surface area contributed by atoms with Gasteiger partial charge in [-0.15, -0.1) is 0 Å². The lowest BCUT2D eigenvalue weighted by Crippen LogP contribution is -2.70. The molecule has 0 aromatic heterocycles. The zero-order valence-corrected chi connectivity index (χ0v) is 14.3. The van der Waals surface area contributed by atoms with E-state index in [0.717, 1.165) is 5.56 Å². The van der Waals surface area contributed by atoms with Gasteiger partial charge in [-0.25, -0.2) is 18.9 Å². The Hall–Kier alpha value is -2.19. The van der Waals surface area contributed by atoms with Gasteiger partial charge in [-0.2, -0.15) is 0 Å². The summed E-state index contributed by atoms with van der Waals surface area (Å²) in [6, 6.07) is 3.69. The standard InChI is InChI=1S/C17H23FN4O3/c1-10-3-4-12(9-14(10)18)11(2)19-15-20-16(23)22(17(24)21-15)13-5-7-25-8-6-13/h3-4,9,11,13,15,19H,5-8H2,1-2H3,(H,20,23)(H,21,24)/t11-/m0/s1. The van der Waals surface area contributed by atoms with Crippen LogP contribution in [0.4, 0.5) is 14.0 Å². The summed E-state index contributed by atoms with van der Waals surface area (Å²) < 4.78 is 19.0. The summed E-state index contributed by atoms with van der Waals surface area (Å²) in [5.41, 5.74) is 1.31. The predicted octanol–water partition coefficient (Wildman–Crippen LogP) is 1.98. The van der Waals surface area contributed by atoms with Crippen LogP contribution in [-0.4, -0.2) is 42.5 Å². The quantitative estimate of drug-likeness (QED) is 0.775. The molecule has 2 heterocycles. The number of amides is 4. The topological polar surface area (TPSA) is 82.7 Å². The minimum atomic E-state index is -0.713. The molecule has 136 valence electrons. The van der Waals surface area contributed by atoms with Crippen molar-refractivity contribution < 1.29 is 18.7 Å². The summed E-state index contributed by atoms with van der Waals surface area (Å²) >= 11 is 0. The first-order valence-electron chi connectivity index (χ1n) is 8.46. The Morgan fingerprint density at radius 1 is 1.24 bits per heavy atom. The number of aryl methyl sites for hydroxylation is 1. The molecule has 7 nitrogen and oxygen atoms in total. The van der Waals surface area contributed by atoms with Gasteiger partial charge in [0.2, 0.25) is 0 Å². The smallest absolute Gasteiger partial charge is 0.328 e. The Balaban J connectivity index is 1.62. The zero-order valence-electron chi connectivity index (χ0n) is 14.3. The van der Waals surface area contributed by atoms with Gasteiger partial charge in [0.15, 0.2) is 6.29 Å². The molecule has 2 aliphatic heterocycles. The lowest BCUT2D eigenvalue weighted by atomic mass is 10.1. The molecule has 3 N–H and O–H groups in total. The van der Waals surface area contributed by atoms with Crippen molar-refractivity contribution in [2.24, 2.45) is 0 Å². The fraction of sp³-hybridized carbons (Fsp3) is 0.529. The zero-order chi connectivity index (χ0) is 18.0. The van der Waals surface area contributed by atoms with E-state index in [1.165, 1.54) is 11.0 Å². The first-order valence-corrected chi connectivity index (χ1v) is 8.46. The third-order valence-electron chi connectivity index (χ3n) is 4.64. The highest BCUT2D eigenvalue weighted by Gasteiger charge is 2.37. The normalized spacial score (nSPS) is 21.0. The molecule has 1 aromatic rings. The minimum Gasteiger partial charge on any atom is -0.381 e. The van der Waals surface area contributed by atoms with Crippen LogP contribution in [0.5, 0.6) is 0 Å². The number of imide groups is 1. The van der Waals surface area contributed by atoms with Crippen LogP contribution in [0.2, 0.25) is 0 Å². The summed E-state index contributed by atoms with van der Waals surface area (Å²) in [5, 5.41) is 8.54. The number of hydrogen-bond donors (Lipinski definition) is 3. The number of urea groups is 2. The van der Waals surface area contributed by atoms with Crippen molar-refractivity contribution >= 4 is 12.1 Å². The van der Waals surface area contributed by atoms with Crippen LogP contribution in [0.3, 0.4) is 0 Å². The van der Waals surface area contributed by atoms with Crippen molar-refractivity contribution in [1.29, 1.82) is 0 Å². The molecule has 0 spiro atoms. The van der Waals surface area contributed by atoms with E-state index in [9.17, 15) is 14.0 Å². The third kappa shape index (κ3) is 3.91. The van der Waals surface area contributed by atoms with Crippen molar-refractivity contribution in [3.05, 3.63) is 35.1 Å². The molecule has 1 atom stereocenters. The summed E-state index contributed by atoms with van der Waals surface area (Å²) in [6.07, 6.45) is 0.561. The highest BCUT2D eigenvalue weighted by Crippen LogP contribution is 2.19. The first kappa shape index (κ1) is 17.6. The second-order valence-electron chi connectivity index (χ2n) is 6.44. The molecular weight excluding hydrogens is 327 g/mol. The molecule has 3 rings (SSSR count). The van der Waals surface area contributed by atoms with E-state index in [1.54, 1.807) is 13.0 Å². The lowest BCUT2D eigenvalue weighted by Gasteiger charge is -2.39. The molecule has 25 heavy (non-hydrogen) atoms. The molecule has 4 amide bonds. The average Bonchev–Trinajstić information content (AvgIpc) is 2.57. The highest BCUT2D eigenvalue weighted by molar-refractivity contribution is 5.96. The largest absolute Gasteiger partial charge is 0.381 e. The van der Waals surface area contributed by atoms with Gasteiger partial charge in [0, 0.05) is 25.3 Å². The van der Waals surface area contributed by atoms with E-state index in [0.29, 0.717) is 31.6 Å². The van der Waals surface area contributed by atoms with Crippen LogP contribution in [0.1, 0.15) is 36.9 Å². The van der Waals surface area contributed by atoms with Crippen molar-refractivity contribution in [1.82, 2.24) is 20.9 Å². The molecule has 0 saturated carbocycles. The van der Waals surface area contributed by atoms with Crippen LogP contribution >= 0.6 is 0 Å². The molecule has 0 aliphatic carbocycles. The monoisotopic (exact) mass is 350 g/mol. The number of rotatable bonds is 4. The van der Waals surface area contributed by atoms with Gasteiger partial charge in [-0.1, -0.05) is 12.1 Å². The number of halogens is 1. The Labute approximate surface area is 145 Å². The minimum absolute atomic E-state index is 0.154. The fourth-order valence-electron chi connectivity index (χ4n) is 3.10. The molecule has 8 heteroatoms. The fourth-order valence-corrected chi connectivity index (χ4v) is 3.10. The van der Waals surface area contributed by atoms with E-state index in [-0.39, 0.29) is 17.9 Å². The number of nitrogens with zero attached hydrogens (tertiary/aromatic N) is 1. The van der Waals surface area contributed by atoms with E-state index in [1.807, 2.05) is 13.0 Å². The Bertz CT molecular complexity index is 645. The van der Waals surface area contributed by atoms with Crippen molar-refractivity contribution in [3.8, 4) is 0 Å². The van der Waals surface area contributed by atoms with Gasteiger partial charge in [-0.05, 0) is 43.9 Å². The van der Waals surface area contributed by atoms with Crippen LogP contribution in [-0.2, 0) is 4.74 Å². The second kappa shape index (κ2) is 7.37. The molecule has 1 aromatic carbocycles. The van der Waals surface area contributed by atoms with Gasteiger partial charge < -0.3 is 15.4 Å². The van der Waals surface area contributed by atoms with Gasteiger partial charge in [-0.3, -0.25) is 5.32 Å². The van der Waals surface area contributed by atoms with Gasteiger partial charge in [0.1, 0.15) is 5.82 Å². The maximum Gasteiger partial charge on any atom is 0.328 e. The third-order valence-corrected chi connectivity index (χ3v) is 4.64. The highest BCUT2D eigenvalue weighted by atomic mass is 19.1. The maximum atomic E-state index is 13.7. The average molecular weight is 350 g/mol. The molecule has 2 saturated heterocycles. The number of carbonyl (C=O) groups is 2. The number of benzene rings is 1. The van der Waals surface area contributed by atoms with Crippen LogP contribution in [0.25, 0.3) is 0 Å². The number of ether oxygens (including phenoxy) is 1. The van der Waals surface area contributed by atoms with Gasteiger partial charge in [0.25, 0.3) is 0 Å². The molecule has 2 fully saturated rings. The molecule has 0 bridgehead atoms. The lowest BCUT2D eigenvalue weighted by molar-refractivity contribution is 0.0492. The second-order valence-corrected chi connectivity index (χ2v) is 6.44. The summed E-state index contributed by atoms with van der Waals surface area (Å²) in [6.45, 7) is 4.62. The number of nitrogens with one attached hydrogen (secondary N) is 3. The number of hydrogen-bond acceptors (Lipinski definition) is 4. The van der Waals surface area contributed by atoms with Crippen LogP contribution < -0.4 is 16.0 Å². The van der Waals surface area contributed by atoms with Gasteiger partial charge >= 0.3 is 12.1 Å². The van der Waals surface area contributed by atoms with E-state index in [2.05, 4.69) is 16.0 Å². The molecule has 0 unspecified atom stereocenters. The predicted molar refractivity (Wildman–Crippen MR) is 89.2 cm³/mol. The molecule has 2 aliphatic rings. The van der Waals surface area contributed by atoms with Gasteiger partial charge in [0.05, 0.1) is 0 Å².